The van der Waals surface area contributed by atoms with Crippen LogP contribution < -0.4 is 16.0 Å². The number of aromatic amines is 1. The van der Waals surface area contributed by atoms with Gasteiger partial charge in [-0.15, -0.1) is 0 Å². The van der Waals surface area contributed by atoms with Gasteiger partial charge in [0.1, 0.15) is 5.41 Å². The third kappa shape index (κ3) is 4.88. The zero-order chi connectivity index (χ0) is 25.3. The number of halogens is 1. The number of imidazole rings is 1. The number of nitrogens with one attached hydrogen (secondary N) is 4. The van der Waals surface area contributed by atoms with E-state index in [2.05, 4.69) is 32.0 Å². The van der Waals surface area contributed by atoms with Gasteiger partial charge in [-0.25, -0.2) is 4.98 Å². The molecule has 8 nitrogen and oxygen atoms in total. The summed E-state index contributed by atoms with van der Waals surface area (Å²) in [6.45, 7) is 2.28. The maximum absolute atomic E-state index is 12.7. The zero-order valence-electron chi connectivity index (χ0n) is 19.5. The fourth-order valence-electron chi connectivity index (χ4n) is 3.82. The molecule has 0 saturated heterocycles. The summed E-state index contributed by atoms with van der Waals surface area (Å²) in [5.74, 6) is 0.00610. The summed E-state index contributed by atoms with van der Waals surface area (Å²) in [6.07, 6.45) is 1.20. The normalized spacial score (nSPS) is 13.6. The Morgan fingerprint density at radius 1 is 1.11 bits per heavy atom. The lowest BCUT2D eigenvalue weighted by Gasteiger charge is -2.11. The highest BCUT2D eigenvalue weighted by Gasteiger charge is 2.50. The van der Waals surface area contributed by atoms with Crippen molar-refractivity contribution in [3.8, 4) is 6.07 Å². The summed E-state index contributed by atoms with van der Waals surface area (Å²) in [5.41, 5.74) is 4.31. The van der Waals surface area contributed by atoms with E-state index in [0.29, 0.717) is 46.1 Å². The number of hydrogen-bond donors (Lipinski definition) is 4. The number of H-pyrrole nitrogens is 1. The van der Waals surface area contributed by atoms with Crippen molar-refractivity contribution >= 4 is 51.8 Å². The molecule has 9 heteroatoms. The number of nitrogens with zero attached hydrogens (tertiary/aromatic N) is 2. The van der Waals surface area contributed by atoms with Gasteiger partial charge in [0.25, 0.3) is 5.91 Å². The number of fused-ring (bicyclic) bond motifs is 1. The smallest absolute Gasteiger partial charge is 0.255 e. The zero-order valence-corrected chi connectivity index (χ0v) is 20.2. The Bertz CT molecular complexity index is 1520. The molecule has 1 aromatic heterocycles. The van der Waals surface area contributed by atoms with Crippen molar-refractivity contribution in [1.82, 2.24) is 15.3 Å². The molecular weight excluding hydrogens is 476 g/mol. The molecule has 3 aromatic carbocycles. The van der Waals surface area contributed by atoms with E-state index in [1.165, 1.54) is 0 Å². The molecule has 1 fully saturated rings. The molecule has 1 aliphatic carbocycles. The Labute approximate surface area is 212 Å². The van der Waals surface area contributed by atoms with Gasteiger partial charge < -0.3 is 20.9 Å². The van der Waals surface area contributed by atoms with Crippen LogP contribution in [0.3, 0.4) is 0 Å². The van der Waals surface area contributed by atoms with Gasteiger partial charge in [-0.3, -0.25) is 9.59 Å². The molecule has 0 bridgehead atoms. The van der Waals surface area contributed by atoms with Crippen LogP contribution in [-0.4, -0.2) is 21.8 Å². The van der Waals surface area contributed by atoms with Crippen molar-refractivity contribution in [3.05, 3.63) is 82.4 Å². The molecular formula is C27H23ClN6O2. The van der Waals surface area contributed by atoms with Gasteiger partial charge in [-0.1, -0.05) is 35.4 Å². The molecule has 4 N–H and O–H groups in total. The number of aromatic nitrogens is 2. The highest BCUT2D eigenvalue weighted by atomic mass is 35.5. The van der Waals surface area contributed by atoms with Gasteiger partial charge in [0.05, 0.1) is 27.8 Å². The van der Waals surface area contributed by atoms with E-state index in [9.17, 15) is 14.9 Å². The molecule has 2 amide bonds. The van der Waals surface area contributed by atoms with Crippen molar-refractivity contribution in [2.75, 3.05) is 10.6 Å². The van der Waals surface area contributed by atoms with Gasteiger partial charge in [0.2, 0.25) is 11.9 Å². The molecule has 4 aromatic rings. The second kappa shape index (κ2) is 9.36. The Kier molecular flexibility index (Phi) is 6.08. The first-order valence-corrected chi connectivity index (χ1v) is 11.9. The second-order valence-corrected chi connectivity index (χ2v) is 9.36. The highest BCUT2D eigenvalue weighted by Crippen LogP contribution is 2.45. The lowest BCUT2D eigenvalue weighted by atomic mass is 10.1. The monoisotopic (exact) mass is 498 g/mol. The molecule has 36 heavy (non-hydrogen) atoms. The number of rotatable bonds is 7. The second-order valence-electron chi connectivity index (χ2n) is 8.95. The van der Waals surface area contributed by atoms with E-state index in [0.717, 1.165) is 16.8 Å². The number of hydrogen-bond acceptors (Lipinski definition) is 5. The van der Waals surface area contributed by atoms with E-state index < -0.39 is 5.41 Å². The van der Waals surface area contributed by atoms with Crippen LogP contribution in [0.4, 0.5) is 17.3 Å². The number of anilines is 3. The molecule has 0 spiro atoms. The lowest BCUT2D eigenvalue weighted by molar-refractivity contribution is -0.124. The molecule has 180 valence electrons. The highest BCUT2D eigenvalue weighted by molar-refractivity contribution is 6.33. The van der Waals surface area contributed by atoms with Crippen molar-refractivity contribution in [3.63, 3.8) is 0 Å². The van der Waals surface area contributed by atoms with Crippen LogP contribution in [0, 0.1) is 23.7 Å². The van der Waals surface area contributed by atoms with Crippen molar-refractivity contribution < 1.29 is 9.59 Å². The van der Waals surface area contributed by atoms with E-state index in [1.807, 2.05) is 43.3 Å². The topological polar surface area (TPSA) is 123 Å². The Hall–Kier alpha value is -4.35. The first-order valence-electron chi connectivity index (χ1n) is 11.5. The van der Waals surface area contributed by atoms with Gasteiger partial charge in [-0.2, -0.15) is 5.26 Å². The van der Waals surface area contributed by atoms with E-state index >= 15 is 0 Å². The average Bonchev–Trinajstić information content (AvgIpc) is 3.58. The van der Waals surface area contributed by atoms with Gasteiger partial charge in [-0.05, 0) is 67.8 Å². The van der Waals surface area contributed by atoms with Gasteiger partial charge in [0, 0.05) is 17.8 Å². The minimum Gasteiger partial charge on any atom is -0.351 e. The van der Waals surface area contributed by atoms with E-state index in [4.69, 9.17) is 11.6 Å². The van der Waals surface area contributed by atoms with Crippen molar-refractivity contribution in [2.45, 2.75) is 26.3 Å². The third-order valence-electron chi connectivity index (χ3n) is 6.19. The minimum absolute atomic E-state index is 0.216. The first-order chi connectivity index (χ1) is 17.3. The maximum atomic E-state index is 12.7. The largest absolute Gasteiger partial charge is 0.351 e. The molecule has 1 heterocycles. The van der Waals surface area contributed by atoms with E-state index in [-0.39, 0.29) is 18.4 Å². The van der Waals surface area contributed by atoms with E-state index in [1.54, 1.807) is 24.3 Å². The Morgan fingerprint density at radius 2 is 1.89 bits per heavy atom. The molecule has 0 aliphatic heterocycles. The number of nitriles is 1. The number of amides is 2. The summed E-state index contributed by atoms with van der Waals surface area (Å²) in [7, 11) is 0. The van der Waals surface area contributed by atoms with Crippen LogP contribution in [0.15, 0.2) is 60.7 Å². The SMILES string of the molecule is Cc1ccc(NC(=O)c2ccc3nc(Nc4cc(CNC(=O)C5(C#N)CC5)ccc4Cl)[nH]c3c2)cc1. The fraction of sp³-hybridized carbons (Fsp3) is 0.185. The summed E-state index contributed by atoms with van der Waals surface area (Å²) in [4.78, 5) is 32.7. The van der Waals surface area contributed by atoms with Gasteiger partial charge >= 0.3 is 0 Å². The van der Waals surface area contributed by atoms with Crippen LogP contribution >= 0.6 is 11.6 Å². The van der Waals surface area contributed by atoms with Crippen molar-refractivity contribution in [2.24, 2.45) is 5.41 Å². The lowest BCUT2D eigenvalue weighted by Crippen LogP contribution is -2.30. The van der Waals surface area contributed by atoms with Crippen LogP contribution in [0.25, 0.3) is 11.0 Å². The molecule has 1 saturated carbocycles. The Morgan fingerprint density at radius 3 is 2.61 bits per heavy atom. The van der Waals surface area contributed by atoms with Crippen LogP contribution in [0.1, 0.15) is 34.3 Å². The number of carbonyl (C=O) groups is 2. The summed E-state index contributed by atoms with van der Waals surface area (Å²) in [5, 5.41) is 18.6. The van der Waals surface area contributed by atoms with Crippen LogP contribution in [0.5, 0.6) is 0 Å². The standard InChI is InChI=1S/C27H23ClN6O2/c1-16-2-6-19(7-3-16)31-24(35)18-5-9-21-23(13-18)34-26(32-21)33-22-12-17(4-8-20(22)28)14-30-25(36)27(15-29)10-11-27/h2-9,12-13H,10-11,14H2,1H3,(H,30,36)(H,31,35)(H2,32,33,34). The fourth-order valence-corrected chi connectivity index (χ4v) is 3.99. The summed E-state index contributed by atoms with van der Waals surface area (Å²) in [6, 6.07) is 20.3. The third-order valence-corrected chi connectivity index (χ3v) is 6.52. The average molecular weight is 499 g/mol. The molecule has 0 atom stereocenters. The molecule has 5 rings (SSSR count). The number of aryl methyl sites for hydroxylation is 1. The predicted octanol–water partition coefficient (Wildman–Crippen LogP) is 5.44. The first kappa shape index (κ1) is 23.4. The Balaban J connectivity index is 1.28. The van der Waals surface area contributed by atoms with Crippen molar-refractivity contribution in [1.29, 1.82) is 5.26 Å². The molecule has 0 unspecified atom stereocenters. The van der Waals surface area contributed by atoms with Crippen LogP contribution in [0.2, 0.25) is 5.02 Å². The maximum Gasteiger partial charge on any atom is 0.255 e. The van der Waals surface area contributed by atoms with Gasteiger partial charge in [0.15, 0.2) is 0 Å². The minimum atomic E-state index is -0.863. The summed E-state index contributed by atoms with van der Waals surface area (Å²) < 4.78 is 0. The molecule has 1 aliphatic rings. The predicted molar refractivity (Wildman–Crippen MR) is 139 cm³/mol. The summed E-state index contributed by atoms with van der Waals surface area (Å²) >= 11 is 6.38. The quantitative estimate of drug-likeness (QED) is 0.270. The molecule has 0 radical (unpaired) electrons. The number of benzene rings is 3. The number of carbonyl (C=O) groups excluding carboxylic acids is 2. The van der Waals surface area contributed by atoms with Crippen LogP contribution in [-0.2, 0) is 11.3 Å².